The second-order valence-electron chi connectivity index (χ2n) is 9.50. The average molecular weight is 429 g/mol. The number of para-hydroxylation sites is 2. The highest BCUT2D eigenvalue weighted by atomic mass is 16.5. The van der Waals surface area contributed by atoms with Crippen molar-refractivity contribution in [1.29, 1.82) is 0 Å². The number of carbonyl (C=O) groups excluding carboxylic acids is 2. The van der Waals surface area contributed by atoms with Gasteiger partial charge in [0.05, 0.1) is 29.6 Å². The van der Waals surface area contributed by atoms with Crippen LogP contribution in [0.1, 0.15) is 65.2 Å². The van der Waals surface area contributed by atoms with Crippen LogP contribution in [0, 0.1) is 5.92 Å². The Hall–Kier alpha value is -1.92. The molecular formula is C25H36N2O4. The molecule has 170 valence electrons. The minimum absolute atomic E-state index is 0.0210. The lowest BCUT2D eigenvalue weighted by molar-refractivity contribution is -0.127. The predicted octanol–water partition coefficient (Wildman–Crippen LogP) is 4.31. The number of amides is 2. The fourth-order valence-corrected chi connectivity index (χ4v) is 5.14. The second-order valence-corrected chi connectivity index (χ2v) is 9.50. The molecule has 0 spiro atoms. The topological polar surface area (TPSA) is 59.1 Å². The third kappa shape index (κ3) is 5.12. The van der Waals surface area contributed by atoms with Gasteiger partial charge < -0.3 is 19.3 Å². The van der Waals surface area contributed by atoms with Crippen LogP contribution >= 0.6 is 0 Å². The van der Waals surface area contributed by atoms with Gasteiger partial charge in [0.25, 0.3) is 11.8 Å². The van der Waals surface area contributed by atoms with Crippen molar-refractivity contribution < 1.29 is 19.1 Å². The van der Waals surface area contributed by atoms with Gasteiger partial charge in [-0.2, -0.15) is 0 Å². The zero-order valence-corrected chi connectivity index (χ0v) is 18.9. The van der Waals surface area contributed by atoms with Crippen LogP contribution in [0.4, 0.5) is 11.4 Å². The number of fused-ring (bicyclic) bond motifs is 1. The van der Waals surface area contributed by atoms with Gasteiger partial charge in [0.1, 0.15) is 13.2 Å². The first-order chi connectivity index (χ1) is 15.0. The Morgan fingerprint density at radius 1 is 0.871 bits per heavy atom. The van der Waals surface area contributed by atoms with Gasteiger partial charge in [-0.3, -0.25) is 9.59 Å². The fourth-order valence-electron chi connectivity index (χ4n) is 5.14. The van der Waals surface area contributed by atoms with E-state index in [1.807, 2.05) is 34.1 Å². The van der Waals surface area contributed by atoms with Crippen molar-refractivity contribution >= 4 is 23.2 Å². The van der Waals surface area contributed by atoms with Gasteiger partial charge in [0.2, 0.25) is 0 Å². The van der Waals surface area contributed by atoms with E-state index in [4.69, 9.17) is 9.47 Å². The first-order valence-corrected chi connectivity index (χ1v) is 12.0. The maximum absolute atomic E-state index is 13.3. The zero-order valence-electron chi connectivity index (χ0n) is 18.9. The van der Waals surface area contributed by atoms with E-state index < -0.39 is 0 Å². The molecule has 0 bridgehead atoms. The molecule has 1 unspecified atom stereocenters. The molecule has 3 aliphatic rings. The smallest absolute Gasteiger partial charge is 0.253 e. The normalized spacial score (nSPS) is 22.4. The van der Waals surface area contributed by atoms with Crippen molar-refractivity contribution in [1.82, 2.24) is 0 Å². The van der Waals surface area contributed by atoms with Crippen LogP contribution < -0.4 is 9.80 Å². The zero-order chi connectivity index (χ0) is 21.8. The van der Waals surface area contributed by atoms with E-state index in [2.05, 4.69) is 13.8 Å². The Morgan fingerprint density at radius 2 is 1.39 bits per heavy atom. The summed E-state index contributed by atoms with van der Waals surface area (Å²) >= 11 is 0. The highest BCUT2D eigenvalue weighted by Gasteiger charge is 2.38. The number of carbonyl (C=O) groups is 2. The molecule has 0 aromatic heterocycles. The molecule has 31 heavy (non-hydrogen) atoms. The predicted molar refractivity (Wildman–Crippen MR) is 121 cm³/mol. The number of rotatable bonds is 7. The summed E-state index contributed by atoms with van der Waals surface area (Å²) in [6.45, 7) is 4.89. The van der Waals surface area contributed by atoms with Gasteiger partial charge in [0, 0.05) is 6.54 Å². The number of nitrogens with zero attached hydrogens (tertiary/aromatic N) is 2. The van der Waals surface area contributed by atoms with Crippen LogP contribution in [-0.2, 0) is 19.1 Å². The quantitative estimate of drug-likeness (QED) is 0.649. The van der Waals surface area contributed by atoms with E-state index in [1.165, 1.54) is 25.7 Å². The van der Waals surface area contributed by atoms with Crippen molar-refractivity contribution in [3.05, 3.63) is 24.3 Å². The number of hydrogen-bond acceptors (Lipinski definition) is 4. The van der Waals surface area contributed by atoms with E-state index in [1.54, 1.807) is 0 Å². The van der Waals surface area contributed by atoms with E-state index >= 15 is 0 Å². The Morgan fingerprint density at radius 3 is 1.94 bits per heavy atom. The summed E-state index contributed by atoms with van der Waals surface area (Å²) in [5.74, 6) is 0.154. The van der Waals surface area contributed by atoms with Gasteiger partial charge >= 0.3 is 0 Å². The summed E-state index contributed by atoms with van der Waals surface area (Å²) < 4.78 is 11.8. The van der Waals surface area contributed by atoms with E-state index in [9.17, 15) is 9.59 Å². The molecular weight excluding hydrogens is 392 g/mol. The van der Waals surface area contributed by atoms with E-state index in [-0.39, 0.29) is 49.2 Å². The van der Waals surface area contributed by atoms with E-state index in [0.29, 0.717) is 6.54 Å². The van der Waals surface area contributed by atoms with Crippen LogP contribution in [0.3, 0.4) is 0 Å². The molecule has 1 aromatic carbocycles. The molecule has 1 aromatic rings. The SMILES string of the molecule is CC(C)C1CN(C(=O)COC2CCCC2)c2ccccc2N1C(=O)COC1CCCC1. The first kappa shape index (κ1) is 22.3. The van der Waals surface area contributed by atoms with Crippen LogP contribution in [0.5, 0.6) is 0 Å². The molecule has 6 heteroatoms. The highest BCUT2D eigenvalue weighted by molar-refractivity contribution is 6.05. The minimum atomic E-state index is -0.0926. The summed E-state index contributed by atoms with van der Waals surface area (Å²) in [5, 5.41) is 0. The molecule has 2 amide bonds. The van der Waals surface area contributed by atoms with E-state index in [0.717, 1.165) is 37.1 Å². The van der Waals surface area contributed by atoms with Crippen LogP contribution in [0.15, 0.2) is 24.3 Å². The molecule has 0 N–H and O–H groups in total. The molecule has 6 nitrogen and oxygen atoms in total. The largest absolute Gasteiger partial charge is 0.368 e. The summed E-state index contributed by atoms with van der Waals surface area (Å²) in [7, 11) is 0. The third-order valence-electron chi connectivity index (χ3n) is 6.96. The maximum atomic E-state index is 13.3. The minimum Gasteiger partial charge on any atom is -0.368 e. The molecule has 0 saturated heterocycles. The maximum Gasteiger partial charge on any atom is 0.253 e. The van der Waals surface area contributed by atoms with Crippen molar-refractivity contribution in [2.45, 2.75) is 83.5 Å². The number of anilines is 2. The summed E-state index contributed by atoms with van der Waals surface area (Å²) in [4.78, 5) is 30.1. The molecule has 2 fully saturated rings. The second kappa shape index (κ2) is 10.1. The lowest BCUT2D eigenvalue weighted by Crippen LogP contribution is -2.56. The number of benzene rings is 1. The monoisotopic (exact) mass is 428 g/mol. The van der Waals surface area contributed by atoms with Gasteiger partial charge in [-0.05, 0) is 43.7 Å². The molecule has 2 aliphatic carbocycles. The molecule has 4 rings (SSSR count). The van der Waals surface area contributed by atoms with Gasteiger partial charge in [0.15, 0.2) is 0 Å². The van der Waals surface area contributed by atoms with Gasteiger partial charge in [-0.1, -0.05) is 51.7 Å². The average Bonchev–Trinajstić information content (AvgIpc) is 3.48. The third-order valence-corrected chi connectivity index (χ3v) is 6.96. The van der Waals surface area contributed by atoms with Crippen LogP contribution in [0.2, 0.25) is 0 Å². The standard InChI is InChI=1S/C25H36N2O4/c1-18(2)23-15-26(24(28)16-30-19-9-3-4-10-19)21-13-7-8-14-22(21)27(23)25(29)17-31-20-11-5-6-12-20/h7-8,13-14,18-20,23H,3-6,9-12,15-17H2,1-2H3. The number of ether oxygens (including phenoxy) is 2. The number of hydrogen-bond donors (Lipinski definition) is 0. The molecule has 2 saturated carbocycles. The Bertz CT molecular complexity index is 769. The van der Waals surface area contributed by atoms with Gasteiger partial charge in [-0.25, -0.2) is 0 Å². The summed E-state index contributed by atoms with van der Waals surface area (Å²) in [5.41, 5.74) is 1.58. The molecule has 1 heterocycles. The Labute approximate surface area is 185 Å². The summed E-state index contributed by atoms with van der Waals surface area (Å²) in [6.07, 6.45) is 9.30. The lowest BCUT2D eigenvalue weighted by atomic mass is 9.96. The van der Waals surface area contributed by atoms with Crippen molar-refractivity contribution in [2.24, 2.45) is 5.92 Å². The fraction of sp³-hybridized carbons (Fsp3) is 0.680. The molecule has 1 atom stereocenters. The van der Waals surface area contributed by atoms with Crippen molar-refractivity contribution in [2.75, 3.05) is 29.6 Å². The van der Waals surface area contributed by atoms with Crippen LogP contribution in [-0.4, -0.2) is 49.8 Å². The first-order valence-electron chi connectivity index (χ1n) is 12.0. The Kier molecular flexibility index (Phi) is 7.28. The summed E-state index contributed by atoms with van der Waals surface area (Å²) in [6, 6.07) is 7.62. The lowest BCUT2D eigenvalue weighted by Gasteiger charge is -2.44. The van der Waals surface area contributed by atoms with Crippen LogP contribution in [0.25, 0.3) is 0 Å². The van der Waals surface area contributed by atoms with Gasteiger partial charge in [-0.15, -0.1) is 0 Å². The highest BCUT2D eigenvalue weighted by Crippen LogP contribution is 2.38. The van der Waals surface area contributed by atoms with Crippen molar-refractivity contribution in [3.63, 3.8) is 0 Å². The molecule has 0 radical (unpaired) electrons. The Balaban J connectivity index is 1.51. The van der Waals surface area contributed by atoms with Crippen molar-refractivity contribution in [3.8, 4) is 0 Å². The molecule has 1 aliphatic heterocycles.